The van der Waals surface area contributed by atoms with Crippen LogP contribution >= 0.6 is 0 Å². The quantitative estimate of drug-likeness (QED) is 0.505. The average Bonchev–Trinajstić information content (AvgIpc) is 3.15. The van der Waals surface area contributed by atoms with Crippen LogP contribution in [-0.4, -0.2) is 35.6 Å². The Labute approximate surface area is 192 Å². The topological polar surface area (TPSA) is 92.7 Å². The van der Waals surface area contributed by atoms with Crippen molar-refractivity contribution in [2.45, 2.75) is 31.2 Å². The highest BCUT2D eigenvalue weighted by atomic mass is 16.5. The van der Waals surface area contributed by atoms with Crippen LogP contribution in [0.25, 0.3) is 11.1 Å². The van der Waals surface area contributed by atoms with Gasteiger partial charge in [-0.05, 0) is 34.2 Å². The first-order valence-corrected chi connectivity index (χ1v) is 10.9. The Kier molecular flexibility index (Phi) is 6.83. The lowest BCUT2D eigenvalue weighted by atomic mass is 9.98. The van der Waals surface area contributed by atoms with Crippen molar-refractivity contribution in [1.29, 1.82) is 0 Å². The van der Waals surface area contributed by atoms with Crippen LogP contribution in [0.5, 0.6) is 0 Å². The molecule has 0 bridgehead atoms. The molecule has 6 nitrogen and oxygen atoms in total. The monoisotopic (exact) mass is 443 g/mol. The van der Waals surface area contributed by atoms with Crippen LogP contribution in [0.3, 0.4) is 0 Å². The number of carboxylic acid groups (broad SMARTS) is 1. The van der Waals surface area contributed by atoms with Gasteiger partial charge in [-0.3, -0.25) is 9.59 Å². The second-order valence-electron chi connectivity index (χ2n) is 8.07. The number of nitrogens with one attached hydrogen (secondary N) is 1. The predicted molar refractivity (Wildman–Crippen MR) is 124 cm³/mol. The Morgan fingerprint density at radius 1 is 0.848 bits per heavy atom. The fraction of sp³-hybridized carbons (Fsp3) is 0.222. The first-order valence-electron chi connectivity index (χ1n) is 10.9. The lowest BCUT2D eigenvalue weighted by molar-refractivity contribution is -0.139. The molecule has 3 aromatic rings. The van der Waals surface area contributed by atoms with Gasteiger partial charge in [0.2, 0.25) is 0 Å². The second-order valence-corrected chi connectivity index (χ2v) is 8.07. The molecule has 3 aromatic carbocycles. The van der Waals surface area contributed by atoms with E-state index in [4.69, 9.17) is 4.74 Å². The zero-order valence-electron chi connectivity index (χ0n) is 18.1. The molecule has 1 aliphatic carbocycles. The molecule has 0 unspecified atom stereocenters. The smallest absolute Gasteiger partial charge is 0.407 e. The lowest BCUT2D eigenvalue weighted by Gasteiger charge is -2.18. The number of alkyl carbamates (subject to hydrolysis) is 1. The molecule has 0 aliphatic heterocycles. The van der Waals surface area contributed by atoms with E-state index in [1.165, 1.54) is 0 Å². The van der Waals surface area contributed by atoms with E-state index in [-0.39, 0.29) is 24.7 Å². The summed E-state index contributed by atoms with van der Waals surface area (Å²) in [6.45, 7) is 0.0951. The Morgan fingerprint density at radius 3 is 2.03 bits per heavy atom. The van der Waals surface area contributed by atoms with Gasteiger partial charge in [0.05, 0.1) is 6.42 Å². The fourth-order valence-corrected chi connectivity index (χ4v) is 4.29. The third kappa shape index (κ3) is 5.29. The van der Waals surface area contributed by atoms with Gasteiger partial charge in [-0.1, -0.05) is 78.9 Å². The summed E-state index contributed by atoms with van der Waals surface area (Å²) in [5.41, 5.74) is 5.35. The molecule has 0 radical (unpaired) electrons. The number of carbonyl (C=O) groups excluding carboxylic acids is 2. The molecule has 0 saturated carbocycles. The minimum absolute atomic E-state index is 0.0951. The molecule has 0 spiro atoms. The third-order valence-electron chi connectivity index (χ3n) is 5.91. The number of amides is 1. The van der Waals surface area contributed by atoms with Gasteiger partial charge in [0.25, 0.3) is 0 Å². The number of Topliss-reactive ketones (excluding diaryl/α,β-unsaturated/α-hetero) is 1. The van der Waals surface area contributed by atoms with Crippen molar-refractivity contribution < 1.29 is 24.2 Å². The fourth-order valence-electron chi connectivity index (χ4n) is 4.29. The van der Waals surface area contributed by atoms with Gasteiger partial charge in [0.15, 0.2) is 5.78 Å². The average molecular weight is 443 g/mol. The summed E-state index contributed by atoms with van der Waals surface area (Å²) < 4.78 is 5.47. The van der Waals surface area contributed by atoms with Crippen molar-refractivity contribution >= 4 is 17.8 Å². The number of ketones is 1. The van der Waals surface area contributed by atoms with E-state index >= 15 is 0 Å². The molecule has 0 aromatic heterocycles. The molecule has 6 heteroatoms. The molecule has 1 amide bonds. The minimum Gasteiger partial charge on any atom is -0.481 e. The number of carboxylic acids is 1. The summed E-state index contributed by atoms with van der Waals surface area (Å²) in [6, 6.07) is 24.3. The first kappa shape index (κ1) is 22.3. The van der Waals surface area contributed by atoms with Gasteiger partial charge >= 0.3 is 12.1 Å². The summed E-state index contributed by atoms with van der Waals surface area (Å²) in [7, 11) is 0. The van der Waals surface area contributed by atoms with Crippen molar-refractivity contribution in [3.63, 3.8) is 0 Å². The largest absolute Gasteiger partial charge is 0.481 e. The van der Waals surface area contributed by atoms with Crippen LogP contribution in [0.4, 0.5) is 4.79 Å². The summed E-state index contributed by atoms with van der Waals surface area (Å²) in [6.07, 6.45) is -0.679. The number of rotatable bonds is 9. The maximum Gasteiger partial charge on any atom is 0.407 e. The second kappa shape index (κ2) is 10.1. The van der Waals surface area contributed by atoms with Crippen molar-refractivity contribution in [2.75, 3.05) is 6.61 Å². The van der Waals surface area contributed by atoms with Crippen LogP contribution in [0.15, 0.2) is 78.9 Å². The highest BCUT2D eigenvalue weighted by Gasteiger charge is 2.30. The number of benzene rings is 3. The minimum atomic E-state index is -1.16. The van der Waals surface area contributed by atoms with Gasteiger partial charge in [-0.2, -0.15) is 0 Å². The lowest BCUT2D eigenvalue weighted by Crippen LogP contribution is -2.43. The first-order chi connectivity index (χ1) is 16.0. The van der Waals surface area contributed by atoms with Crippen LogP contribution in [0.1, 0.15) is 35.4 Å². The van der Waals surface area contributed by atoms with Gasteiger partial charge in [-0.25, -0.2) is 4.79 Å². The van der Waals surface area contributed by atoms with E-state index in [0.29, 0.717) is 6.42 Å². The molecule has 1 atom stereocenters. The Morgan fingerprint density at radius 2 is 1.42 bits per heavy atom. The molecule has 2 N–H and O–H groups in total. The highest BCUT2D eigenvalue weighted by molar-refractivity contribution is 5.90. The van der Waals surface area contributed by atoms with Gasteiger partial charge in [-0.15, -0.1) is 0 Å². The van der Waals surface area contributed by atoms with E-state index in [0.717, 1.165) is 27.8 Å². The Hall–Kier alpha value is -3.93. The van der Waals surface area contributed by atoms with Crippen molar-refractivity contribution in [3.05, 3.63) is 95.6 Å². The molecule has 168 valence electrons. The zero-order chi connectivity index (χ0) is 23.2. The van der Waals surface area contributed by atoms with Gasteiger partial charge < -0.3 is 15.2 Å². The molecular weight excluding hydrogens is 418 g/mol. The van der Waals surface area contributed by atoms with E-state index in [2.05, 4.69) is 5.32 Å². The van der Waals surface area contributed by atoms with E-state index in [1.807, 2.05) is 78.9 Å². The van der Waals surface area contributed by atoms with Gasteiger partial charge in [0, 0.05) is 12.3 Å². The maximum absolute atomic E-state index is 12.6. The van der Waals surface area contributed by atoms with E-state index in [9.17, 15) is 19.5 Å². The number of ether oxygens (including phenoxy) is 1. The normalized spacial score (nSPS) is 13.0. The maximum atomic E-state index is 12.6. The standard InChI is InChI=1S/C27H25NO5/c29-25(15-14-18-8-2-1-3-9-18)24(16-26(30)31)28-27(32)33-17-23-21-12-6-4-10-19(21)20-11-5-7-13-22(20)23/h1-13,23-24H,14-17H2,(H,28,32)(H,30,31)/t24-/m0/s1. The molecule has 33 heavy (non-hydrogen) atoms. The molecule has 4 rings (SSSR count). The highest BCUT2D eigenvalue weighted by Crippen LogP contribution is 2.44. The van der Waals surface area contributed by atoms with Gasteiger partial charge in [0.1, 0.15) is 12.6 Å². The Balaban J connectivity index is 1.39. The number of aryl methyl sites for hydroxylation is 1. The predicted octanol–water partition coefficient (Wildman–Crippen LogP) is 4.57. The van der Waals surface area contributed by atoms with Crippen LogP contribution in [0, 0.1) is 0 Å². The zero-order valence-corrected chi connectivity index (χ0v) is 18.1. The van der Waals surface area contributed by atoms with Crippen molar-refractivity contribution in [3.8, 4) is 11.1 Å². The number of hydrogen-bond donors (Lipinski definition) is 2. The summed E-state index contributed by atoms with van der Waals surface area (Å²) in [5.74, 6) is -1.61. The molecule has 0 heterocycles. The molecule has 1 aliphatic rings. The molecule has 0 saturated heterocycles. The third-order valence-corrected chi connectivity index (χ3v) is 5.91. The van der Waals surface area contributed by atoms with E-state index in [1.54, 1.807) is 0 Å². The SMILES string of the molecule is O=C(O)C[C@H](NC(=O)OCC1c2ccccc2-c2ccccc21)C(=O)CCc1ccccc1. The van der Waals surface area contributed by atoms with Crippen LogP contribution < -0.4 is 5.32 Å². The number of carbonyl (C=O) groups is 3. The van der Waals surface area contributed by atoms with E-state index < -0.39 is 24.5 Å². The Bertz CT molecular complexity index is 1110. The van der Waals surface area contributed by atoms with Crippen LogP contribution in [-0.2, 0) is 20.7 Å². The molecule has 0 fully saturated rings. The van der Waals surface area contributed by atoms with Crippen LogP contribution in [0.2, 0.25) is 0 Å². The number of fused-ring (bicyclic) bond motifs is 3. The van der Waals surface area contributed by atoms with Crippen molar-refractivity contribution in [1.82, 2.24) is 5.32 Å². The summed E-state index contributed by atoms with van der Waals surface area (Å²) >= 11 is 0. The van der Waals surface area contributed by atoms with Crippen molar-refractivity contribution in [2.24, 2.45) is 0 Å². The number of hydrogen-bond acceptors (Lipinski definition) is 4. The summed E-state index contributed by atoms with van der Waals surface area (Å²) in [4.78, 5) is 36.4. The molecular formula is C27H25NO5. The number of aliphatic carboxylic acids is 1. The summed E-state index contributed by atoms with van der Waals surface area (Å²) in [5, 5.41) is 11.7.